The molecule has 0 heterocycles. The molecule has 1 saturated carbocycles. The Labute approximate surface area is 123 Å². The number of nitrogens with two attached hydrogens (primary N) is 1. The predicted molar refractivity (Wildman–Crippen MR) is 76.4 cm³/mol. The summed E-state index contributed by atoms with van der Waals surface area (Å²) in [4.78, 5) is -0.427. The van der Waals surface area contributed by atoms with Crippen LogP contribution >= 0.6 is 11.6 Å². The molecule has 1 aromatic rings. The first-order valence-corrected chi connectivity index (χ1v) is 8.48. The molecule has 0 saturated heterocycles. The number of hydrogen-bond donors (Lipinski definition) is 2. The quantitative estimate of drug-likeness (QED) is 0.875. The Kier molecular flexibility index (Phi) is 5.01. The number of sulfonamides is 1. The van der Waals surface area contributed by atoms with Gasteiger partial charge in [0, 0.05) is 23.7 Å². The molecular weight excluding hydrogens is 303 g/mol. The van der Waals surface area contributed by atoms with Gasteiger partial charge < -0.3 is 5.73 Å². The van der Waals surface area contributed by atoms with Crippen LogP contribution in [0, 0.1) is 11.7 Å². The largest absolute Gasteiger partial charge is 0.326 e. The van der Waals surface area contributed by atoms with Gasteiger partial charge in [0.2, 0.25) is 10.0 Å². The second-order valence-electron chi connectivity index (χ2n) is 5.08. The normalized spacial score (nSPS) is 16.8. The lowest BCUT2D eigenvalue weighted by Crippen LogP contribution is -2.29. The molecule has 7 heteroatoms. The van der Waals surface area contributed by atoms with Crippen molar-refractivity contribution in [1.82, 2.24) is 4.72 Å². The summed E-state index contributed by atoms with van der Waals surface area (Å²) < 4.78 is 40.9. The average Bonchev–Trinajstić information content (AvgIpc) is 2.92. The summed E-state index contributed by atoms with van der Waals surface area (Å²) in [5, 5.41) is 0.160. The van der Waals surface area contributed by atoms with Crippen LogP contribution in [0.25, 0.3) is 0 Å². The van der Waals surface area contributed by atoms with Crippen LogP contribution < -0.4 is 10.5 Å². The highest BCUT2D eigenvalue weighted by molar-refractivity contribution is 7.89. The van der Waals surface area contributed by atoms with Gasteiger partial charge in [-0.3, -0.25) is 0 Å². The van der Waals surface area contributed by atoms with E-state index in [4.69, 9.17) is 17.3 Å². The smallest absolute Gasteiger partial charge is 0.243 e. The Morgan fingerprint density at radius 2 is 2.00 bits per heavy atom. The molecule has 0 unspecified atom stereocenters. The van der Waals surface area contributed by atoms with Gasteiger partial charge in [-0.1, -0.05) is 24.4 Å². The maximum Gasteiger partial charge on any atom is 0.243 e. The Morgan fingerprint density at radius 1 is 1.35 bits per heavy atom. The molecule has 0 spiro atoms. The van der Waals surface area contributed by atoms with E-state index in [0.717, 1.165) is 31.7 Å². The molecule has 1 aliphatic carbocycles. The molecule has 0 amide bonds. The van der Waals surface area contributed by atoms with E-state index in [9.17, 15) is 12.8 Å². The third-order valence-corrected chi connectivity index (χ3v) is 5.27. The minimum atomic E-state index is -3.90. The predicted octanol–water partition coefficient (Wildman–Crippen LogP) is 2.41. The van der Waals surface area contributed by atoms with E-state index in [-0.39, 0.29) is 17.1 Å². The fraction of sp³-hybridized carbons (Fsp3) is 0.538. The van der Waals surface area contributed by atoms with Crippen molar-refractivity contribution in [2.24, 2.45) is 11.7 Å². The molecular formula is C13H18ClFN2O2S. The summed E-state index contributed by atoms with van der Waals surface area (Å²) in [5.41, 5.74) is 5.49. The van der Waals surface area contributed by atoms with E-state index >= 15 is 0 Å². The molecule has 0 bridgehead atoms. The zero-order valence-electron chi connectivity index (χ0n) is 11.0. The monoisotopic (exact) mass is 320 g/mol. The van der Waals surface area contributed by atoms with Crippen LogP contribution in [0.5, 0.6) is 0 Å². The van der Waals surface area contributed by atoms with Gasteiger partial charge in [0.25, 0.3) is 0 Å². The Balaban J connectivity index is 2.22. The third kappa shape index (κ3) is 3.49. The van der Waals surface area contributed by atoms with E-state index in [1.165, 1.54) is 6.07 Å². The van der Waals surface area contributed by atoms with E-state index < -0.39 is 20.7 Å². The summed E-state index contributed by atoms with van der Waals surface area (Å²) in [6, 6.07) is 2.46. The molecule has 112 valence electrons. The second kappa shape index (κ2) is 6.39. The lowest BCUT2D eigenvalue weighted by molar-refractivity contribution is 0.512. The van der Waals surface area contributed by atoms with Crippen LogP contribution in [0.15, 0.2) is 17.0 Å². The topological polar surface area (TPSA) is 72.2 Å². The van der Waals surface area contributed by atoms with Crippen LogP contribution in [-0.4, -0.2) is 15.0 Å². The lowest BCUT2D eigenvalue weighted by atomic mass is 10.1. The summed E-state index contributed by atoms with van der Waals surface area (Å²) in [7, 11) is -3.90. The molecule has 1 aromatic carbocycles. The van der Waals surface area contributed by atoms with Crippen molar-refractivity contribution in [3.05, 3.63) is 28.5 Å². The molecule has 3 N–H and O–H groups in total. The molecule has 4 nitrogen and oxygen atoms in total. The van der Waals surface area contributed by atoms with Gasteiger partial charge in [-0.15, -0.1) is 0 Å². The Bertz CT molecular complexity index is 586. The minimum absolute atomic E-state index is 0.0961. The van der Waals surface area contributed by atoms with Crippen molar-refractivity contribution in [1.29, 1.82) is 0 Å². The van der Waals surface area contributed by atoms with Crippen LogP contribution in [0.3, 0.4) is 0 Å². The summed E-state index contributed by atoms with van der Waals surface area (Å²) in [6.07, 6.45) is 4.26. The SMILES string of the molecule is NCc1cc(Cl)cc(S(=O)(=O)NCC2CCCC2)c1F. The van der Waals surface area contributed by atoms with Crippen LogP contribution in [-0.2, 0) is 16.6 Å². The molecule has 0 aromatic heterocycles. The zero-order chi connectivity index (χ0) is 14.8. The standard InChI is InChI=1S/C13H18ClFN2O2S/c14-11-5-10(7-16)13(15)12(6-11)20(18,19)17-8-9-3-1-2-4-9/h5-6,9,17H,1-4,7-8,16H2. The summed E-state index contributed by atoms with van der Waals surface area (Å²) >= 11 is 5.82. The van der Waals surface area contributed by atoms with E-state index in [1.807, 2.05) is 0 Å². The highest BCUT2D eigenvalue weighted by atomic mass is 35.5. The van der Waals surface area contributed by atoms with Crippen molar-refractivity contribution in [3.8, 4) is 0 Å². The fourth-order valence-electron chi connectivity index (χ4n) is 2.48. The van der Waals surface area contributed by atoms with Gasteiger partial charge in [0.15, 0.2) is 0 Å². The second-order valence-corrected chi connectivity index (χ2v) is 7.26. The lowest BCUT2D eigenvalue weighted by Gasteiger charge is -2.13. The first-order valence-electron chi connectivity index (χ1n) is 6.61. The number of halogens is 2. The first kappa shape index (κ1) is 15.7. The van der Waals surface area contributed by atoms with E-state index in [0.29, 0.717) is 12.5 Å². The molecule has 1 aliphatic rings. The van der Waals surface area contributed by atoms with Gasteiger partial charge in [0.1, 0.15) is 10.7 Å². The van der Waals surface area contributed by atoms with Crippen molar-refractivity contribution >= 4 is 21.6 Å². The van der Waals surface area contributed by atoms with Gasteiger partial charge in [-0.2, -0.15) is 0 Å². The third-order valence-electron chi connectivity index (χ3n) is 3.63. The summed E-state index contributed by atoms with van der Waals surface area (Å²) in [6.45, 7) is 0.240. The molecule has 0 aliphatic heterocycles. The Morgan fingerprint density at radius 3 is 2.60 bits per heavy atom. The first-order chi connectivity index (χ1) is 9.44. The summed E-state index contributed by atoms with van der Waals surface area (Å²) in [5.74, 6) is -0.489. The number of nitrogens with one attached hydrogen (secondary N) is 1. The highest BCUT2D eigenvalue weighted by Crippen LogP contribution is 2.26. The highest BCUT2D eigenvalue weighted by Gasteiger charge is 2.24. The van der Waals surface area contributed by atoms with Crippen molar-refractivity contribution in [3.63, 3.8) is 0 Å². The van der Waals surface area contributed by atoms with Gasteiger partial charge in [-0.05, 0) is 30.9 Å². The van der Waals surface area contributed by atoms with E-state index in [2.05, 4.69) is 4.72 Å². The number of hydrogen-bond acceptors (Lipinski definition) is 3. The Hall–Kier alpha value is -0.690. The van der Waals surface area contributed by atoms with Crippen LogP contribution in [0.1, 0.15) is 31.2 Å². The minimum Gasteiger partial charge on any atom is -0.326 e. The molecule has 0 radical (unpaired) electrons. The maximum absolute atomic E-state index is 14.1. The number of benzene rings is 1. The zero-order valence-corrected chi connectivity index (χ0v) is 12.6. The number of rotatable bonds is 5. The fourth-order valence-corrected chi connectivity index (χ4v) is 4.05. The van der Waals surface area contributed by atoms with Crippen molar-refractivity contribution in [2.75, 3.05) is 6.54 Å². The van der Waals surface area contributed by atoms with Gasteiger partial charge >= 0.3 is 0 Å². The molecule has 1 fully saturated rings. The van der Waals surface area contributed by atoms with Gasteiger partial charge in [0.05, 0.1) is 0 Å². The van der Waals surface area contributed by atoms with Crippen LogP contribution in [0.4, 0.5) is 4.39 Å². The van der Waals surface area contributed by atoms with E-state index in [1.54, 1.807) is 0 Å². The molecule has 20 heavy (non-hydrogen) atoms. The molecule has 2 rings (SSSR count). The molecule has 0 atom stereocenters. The van der Waals surface area contributed by atoms with Crippen LogP contribution in [0.2, 0.25) is 5.02 Å². The van der Waals surface area contributed by atoms with Crippen molar-refractivity contribution < 1.29 is 12.8 Å². The maximum atomic E-state index is 14.1. The van der Waals surface area contributed by atoms with Gasteiger partial charge in [-0.25, -0.2) is 17.5 Å². The van der Waals surface area contributed by atoms with Crippen molar-refractivity contribution in [2.45, 2.75) is 37.1 Å². The average molecular weight is 321 g/mol.